The second kappa shape index (κ2) is 6.40. The first-order valence-electron chi connectivity index (χ1n) is 7.67. The summed E-state index contributed by atoms with van der Waals surface area (Å²) in [7, 11) is 0. The first-order chi connectivity index (χ1) is 11.8. The molecule has 4 heterocycles. The highest BCUT2D eigenvalue weighted by Gasteiger charge is 2.29. The van der Waals surface area contributed by atoms with Crippen LogP contribution in [0.2, 0.25) is 0 Å². The normalized spacial score (nSPS) is 14.4. The van der Waals surface area contributed by atoms with Crippen LogP contribution in [0.5, 0.6) is 0 Å². The van der Waals surface area contributed by atoms with E-state index in [0.717, 1.165) is 18.9 Å². The molecule has 0 aliphatic carbocycles. The van der Waals surface area contributed by atoms with Crippen molar-refractivity contribution in [2.75, 3.05) is 18.0 Å². The highest BCUT2D eigenvalue weighted by Crippen LogP contribution is 2.17. The van der Waals surface area contributed by atoms with E-state index in [1.54, 1.807) is 28.4 Å². The topological polar surface area (TPSA) is 75.9 Å². The Bertz CT molecular complexity index is 810. The van der Waals surface area contributed by atoms with Crippen LogP contribution < -0.4 is 10.2 Å². The average Bonchev–Trinajstić information content (AvgIpc) is 3.23. The fourth-order valence-corrected chi connectivity index (χ4v) is 3.29. The van der Waals surface area contributed by atoms with E-state index < -0.39 is 0 Å². The molecule has 7 nitrogen and oxygen atoms in total. The Balaban J connectivity index is 1.30. The molecule has 8 heteroatoms. The van der Waals surface area contributed by atoms with Crippen LogP contribution >= 0.6 is 11.3 Å². The van der Waals surface area contributed by atoms with Crippen LogP contribution in [0.4, 0.5) is 5.82 Å². The van der Waals surface area contributed by atoms with Crippen molar-refractivity contribution in [3.05, 3.63) is 58.7 Å². The summed E-state index contributed by atoms with van der Waals surface area (Å²) in [5, 5.41) is 13.0. The van der Waals surface area contributed by atoms with Gasteiger partial charge in [0.15, 0.2) is 5.69 Å². The maximum atomic E-state index is 12.2. The predicted molar refractivity (Wildman–Crippen MR) is 91.1 cm³/mol. The Hall–Kier alpha value is -2.74. The van der Waals surface area contributed by atoms with Crippen molar-refractivity contribution in [3.8, 4) is 0 Å². The lowest BCUT2D eigenvalue weighted by Gasteiger charge is -2.40. The van der Waals surface area contributed by atoms with Crippen LogP contribution in [0.3, 0.4) is 0 Å². The fourth-order valence-electron chi connectivity index (χ4n) is 2.60. The number of anilines is 1. The molecule has 0 atom stereocenters. The first-order valence-corrected chi connectivity index (χ1v) is 8.55. The van der Waals surface area contributed by atoms with Crippen molar-refractivity contribution in [3.63, 3.8) is 0 Å². The zero-order valence-electron chi connectivity index (χ0n) is 12.9. The van der Waals surface area contributed by atoms with Crippen LogP contribution in [0.25, 0.3) is 0 Å². The smallest absolute Gasteiger partial charge is 0.273 e. The number of carbonyl (C=O) groups excluding carboxylic acids is 1. The number of amides is 1. The van der Waals surface area contributed by atoms with Crippen molar-refractivity contribution in [2.45, 2.75) is 12.6 Å². The quantitative estimate of drug-likeness (QED) is 0.760. The molecule has 0 radical (unpaired) electrons. The number of thiophene rings is 1. The molecule has 0 spiro atoms. The molecule has 1 N–H and O–H groups in total. The van der Waals surface area contributed by atoms with Crippen LogP contribution in [0, 0.1) is 0 Å². The van der Waals surface area contributed by atoms with E-state index >= 15 is 0 Å². The summed E-state index contributed by atoms with van der Waals surface area (Å²) >= 11 is 1.66. The van der Waals surface area contributed by atoms with E-state index in [1.165, 1.54) is 4.88 Å². The minimum Gasteiger partial charge on any atom is -0.352 e. The van der Waals surface area contributed by atoms with Gasteiger partial charge in [-0.25, -0.2) is 9.67 Å². The molecule has 1 aliphatic heterocycles. The Morgan fingerprint density at radius 3 is 2.96 bits per heavy atom. The maximum Gasteiger partial charge on any atom is 0.273 e. The van der Waals surface area contributed by atoms with Crippen LogP contribution in [0.1, 0.15) is 15.4 Å². The number of nitrogens with one attached hydrogen (secondary N) is 1. The van der Waals surface area contributed by atoms with Gasteiger partial charge in [-0.05, 0) is 23.6 Å². The van der Waals surface area contributed by atoms with Gasteiger partial charge >= 0.3 is 0 Å². The summed E-state index contributed by atoms with van der Waals surface area (Å²) in [6.07, 6.45) is 3.46. The third-order valence-corrected chi connectivity index (χ3v) is 4.72. The van der Waals surface area contributed by atoms with E-state index in [1.807, 2.05) is 35.7 Å². The van der Waals surface area contributed by atoms with Crippen LogP contribution in [0.15, 0.2) is 48.1 Å². The van der Waals surface area contributed by atoms with E-state index in [-0.39, 0.29) is 11.9 Å². The average molecular weight is 340 g/mol. The molecule has 1 saturated heterocycles. The molecular weight excluding hydrogens is 324 g/mol. The lowest BCUT2D eigenvalue weighted by molar-refractivity contribution is 0.0925. The zero-order chi connectivity index (χ0) is 16.4. The second-order valence-corrected chi connectivity index (χ2v) is 6.68. The van der Waals surface area contributed by atoms with Crippen molar-refractivity contribution in [1.29, 1.82) is 0 Å². The summed E-state index contributed by atoms with van der Waals surface area (Å²) in [5.74, 6) is 0.753. The largest absolute Gasteiger partial charge is 0.352 e. The second-order valence-electron chi connectivity index (χ2n) is 5.64. The van der Waals surface area contributed by atoms with E-state index in [4.69, 9.17) is 0 Å². The summed E-state index contributed by atoms with van der Waals surface area (Å²) in [6.45, 7) is 2.15. The fraction of sp³-hybridized carbons (Fsp3) is 0.250. The molecule has 0 aromatic carbocycles. The van der Waals surface area contributed by atoms with Crippen LogP contribution in [-0.2, 0) is 6.54 Å². The molecule has 1 aliphatic rings. The van der Waals surface area contributed by atoms with Gasteiger partial charge in [0.05, 0.1) is 18.8 Å². The van der Waals surface area contributed by atoms with Gasteiger partial charge in [0.25, 0.3) is 5.91 Å². The van der Waals surface area contributed by atoms with Gasteiger partial charge in [-0.2, -0.15) is 0 Å². The van der Waals surface area contributed by atoms with Gasteiger partial charge in [-0.15, -0.1) is 16.4 Å². The molecule has 122 valence electrons. The van der Waals surface area contributed by atoms with Gasteiger partial charge in [-0.1, -0.05) is 17.3 Å². The molecule has 3 aromatic heterocycles. The summed E-state index contributed by atoms with van der Waals surface area (Å²) < 4.78 is 1.68. The number of nitrogens with zero attached hydrogens (tertiary/aromatic N) is 5. The molecule has 0 bridgehead atoms. The van der Waals surface area contributed by atoms with Gasteiger partial charge in [0, 0.05) is 24.2 Å². The third-order valence-electron chi connectivity index (χ3n) is 3.86. The summed E-state index contributed by atoms with van der Waals surface area (Å²) in [5.41, 5.74) is 0.350. The Morgan fingerprint density at radius 1 is 1.29 bits per heavy atom. The molecule has 1 fully saturated rings. The number of aromatic nitrogens is 4. The molecule has 0 saturated carbocycles. The van der Waals surface area contributed by atoms with Gasteiger partial charge in [0.2, 0.25) is 0 Å². The van der Waals surface area contributed by atoms with Gasteiger partial charge < -0.3 is 10.2 Å². The molecule has 0 unspecified atom stereocenters. The number of hydrogen-bond donors (Lipinski definition) is 1. The van der Waals surface area contributed by atoms with E-state index in [9.17, 15) is 4.79 Å². The molecule has 1 amide bonds. The van der Waals surface area contributed by atoms with Gasteiger partial charge in [-0.3, -0.25) is 4.79 Å². The zero-order valence-corrected chi connectivity index (χ0v) is 13.7. The summed E-state index contributed by atoms with van der Waals surface area (Å²) in [4.78, 5) is 19.8. The number of rotatable bonds is 5. The van der Waals surface area contributed by atoms with Crippen molar-refractivity contribution < 1.29 is 4.79 Å². The van der Waals surface area contributed by atoms with Crippen LogP contribution in [-0.4, -0.2) is 45.0 Å². The molecule has 24 heavy (non-hydrogen) atoms. The highest BCUT2D eigenvalue weighted by molar-refractivity contribution is 7.09. The summed E-state index contributed by atoms with van der Waals surface area (Å²) in [6, 6.07) is 9.96. The van der Waals surface area contributed by atoms with E-state index in [2.05, 4.69) is 25.5 Å². The minimum atomic E-state index is -0.182. The first kappa shape index (κ1) is 14.8. The number of hydrogen-bond acceptors (Lipinski definition) is 6. The van der Waals surface area contributed by atoms with Crippen molar-refractivity contribution >= 4 is 23.1 Å². The Kier molecular flexibility index (Phi) is 3.96. The predicted octanol–water partition coefficient (Wildman–Crippen LogP) is 1.40. The molecule has 4 rings (SSSR count). The lowest BCUT2D eigenvalue weighted by atomic mass is 10.1. The van der Waals surface area contributed by atoms with Crippen molar-refractivity contribution in [2.24, 2.45) is 0 Å². The molecule has 3 aromatic rings. The number of carbonyl (C=O) groups is 1. The van der Waals surface area contributed by atoms with E-state index in [0.29, 0.717) is 12.2 Å². The SMILES string of the molecule is O=C(NC1CN(c2ccccn2)C1)c1cn(Cc2cccs2)nn1. The maximum absolute atomic E-state index is 12.2. The minimum absolute atomic E-state index is 0.113. The highest BCUT2D eigenvalue weighted by atomic mass is 32.1. The van der Waals surface area contributed by atoms with Crippen molar-refractivity contribution in [1.82, 2.24) is 25.3 Å². The molecular formula is C16H16N6OS. The third kappa shape index (κ3) is 3.13. The number of pyridine rings is 1. The Morgan fingerprint density at radius 2 is 2.21 bits per heavy atom. The standard InChI is InChI=1S/C16H16N6OS/c23-16(14-11-22(20-19-14)10-13-4-3-7-24-13)18-12-8-21(9-12)15-5-1-2-6-17-15/h1-7,11-12H,8-10H2,(H,18,23). The lowest BCUT2D eigenvalue weighted by Crippen LogP contribution is -2.59. The van der Waals surface area contributed by atoms with Gasteiger partial charge in [0.1, 0.15) is 5.82 Å². The monoisotopic (exact) mass is 340 g/mol. The Labute approximate surface area is 142 Å².